The summed E-state index contributed by atoms with van der Waals surface area (Å²) >= 11 is 0. The fourth-order valence-corrected chi connectivity index (χ4v) is 3.11. The third-order valence-corrected chi connectivity index (χ3v) is 4.89. The number of hydrogen-bond acceptors (Lipinski definition) is 3. The van der Waals surface area contributed by atoms with Crippen LogP contribution in [-0.2, 0) is 10.0 Å². The van der Waals surface area contributed by atoms with Gasteiger partial charge in [-0.05, 0) is 31.2 Å². The monoisotopic (exact) mass is 304 g/mol. The molecule has 0 fully saturated rings. The van der Waals surface area contributed by atoms with Crippen LogP contribution in [0.1, 0.15) is 6.92 Å². The first kappa shape index (κ1) is 15.5. The second kappa shape index (κ2) is 6.74. The predicted molar refractivity (Wildman–Crippen MR) is 85.9 cm³/mol. The molecular formula is C16H20N2O2S. The van der Waals surface area contributed by atoms with Crippen molar-refractivity contribution in [2.24, 2.45) is 0 Å². The van der Waals surface area contributed by atoms with Crippen LogP contribution < -0.4 is 9.62 Å². The van der Waals surface area contributed by atoms with Gasteiger partial charge in [-0.25, -0.2) is 13.1 Å². The summed E-state index contributed by atoms with van der Waals surface area (Å²) in [5.41, 5.74) is 1.06. The minimum atomic E-state index is -3.45. The average molecular weight is 304 g/mol. The van der Waals surface area contributed by atoms with Gasteiger partial charge in [-0.1, -0.05) is 36.4 Å². The van der Waals surface area contributed by atoms with E-state index in [0.717, 1.165) is 5.69 Å². The molecule has 2 rings (SSSR count). The zero-order valence-electron chi connectivity index (χ0n) is 12.2. The largest absolute Gasteiger partial charge is 0.371 e. The number of anilines is 1. The Bertz CT molecular complexity index is 657. The number of nitrogens with one attached hydrogen (secondary N) is 1. The van der Waals surface area contributed by atoms with Crippen molar-refractivity contribution in [3.8, 4) is 0 Å². The molecule has 0 radical (unpaired) electrons. The highest BCUT2D eigenvalue weighted by Crippen LogP contribution is 2.14. The van der Waals surface area contributed by atoms with E-state index in [0.29, 0.717) is 11.4 Å². The van der Waals surface area contributed by atoms with Gasteiger partial charge in [-0.15, -0.1) is 0 Å². The van der Waals surface area contributed by atoms with Crippen molar-refractivity contribution in [2.75, 3.05) is 18.5 Å². The second-order valence-corrected chi connectivity index (χ2v) is 6.73. The Labute approximate surface area is 126 Å². The first-order chi connectivity index (χ1) is 10.0. The summed E-state index contributed by atoms with van der Waals surface area (Å²) < 4.78 is 27.0. The van der Waals surface area contributed by atoms with E-state index in [1.807, 2.05) is 49.2 Å². The fourth-order valence-electron chi connectivity index (χ4n) is 1.97. The molecule has 0 aromatic heterocycles. The number of benzene rings is 2. The number of para-hydroxylation sites is 1. The molecule has 5 heteroatoms. The van der Waals surface area contributed by atoms with E-state index in [-0.39, 0.29) is 6.04 Å². The van der Waals surface area contributed by atoms with Crippen LogP contribution in [0.2, 0.25) is 0 Å². The molecular weight excluding hydrogens is 284 g/mol. The lowest BCUT2D eigenvalue weighted by atomic mass is 10.2. The fraction of sp³-hybridized carbons (Fsp3) is 0.250. The number of nitrogens with zero attached hydrogens (tertiary/aromatic N) is 1. The zero-order chi connectivity index (χ0) is 15.3. The van der Waals surface area contributed by atoms with Crippen LogP contribution in [0, 0.1) is 0 Å². The first-order valence-electron chi connectivity index (χ1n) is 6.83. The van der Waals surface area contributed by atoms with Crippen LogP contribution >= 0.6 is 0 Å². The van der Waals surface area contributed by atoms with Crippen LogP contribution in [0.4, 0.5) is 5.69 Å². The average Bonchev–Trinajstić information content (AvgIpc) is 2.53. The number of sulfonamides is 1. The minimum absolute atomic E-state index is 0.0471. The molecule has 1 N–H and O–H groups in total. The van der Waals surface area contributed by atoms with Gasteiger partial charge in [0.15, 0.2) is 0 Å². The van der Waals surface area contributed by atoms with Crippen LogP contribution in [0.5, 0.6) is 0 Å². The lowest BCUT2D eigenvalue weighted by molar-refractivity contribution is 0.570. The van der Waals surface area contributed by atoms with Crippen molar-refractivity contribution in [3.05, 3.63) is 60.7 Å². The predicted octanol–water partition coefficient (Wildman–Crippen LogP) is 2.49. The van der Waals surface area contributed by atoms with Gasteiger partial charge in [0.05, 0.1) is 4.90 Å². The summed E-state index contributed by atoms with van der Waals surface area (Å²) in [5, 5.41) is 0. The summed E-state index contributed by atoms with van der Waals surface area (Å²) in [6, 6.07) is 18.4. The van der Waals surface area contributed by atoms with E-state index < -0.39 is 10.0 Å². The number of hydrogen-bond donors (Lipinski definition) is 1. The summed E-state index contributed by atoms with van der Waals surface area (Å²) in [6.07, 6.45) is 0. The molecule has 0 spiro atoms. The lowest BCUT2D eigenvalue weighted by Gasteiger charge is -2.27. The highest BCUT2D eigenvalue weighted by atomic mass is 32.2. The van der Waals surface area contributed by atoms with E-state index in [1.165, 1.54) is 0 Å². The molecule has 0 saturated heterocycles. The number of likely N-dealkylation sites (N-methyl/N-ethyl adjacent to an activating group) is 1. The van der Waals surface area contributed by atoms with Gasteiger partial charge in [0.25, 0.3) is 0 Å². The first-order valence-corrected chi connectivity index (χ1v) is 8.31. The molecule has 2 aromatic rings. The maximum absolute atomic E-state index is 12.2. The van der Waals surface area contributed by atoms with E-state index in [4.69, 9.17) is 0 Å². The highest BCUT2D eigenvalue weighted by molar-refractivity contribution is 7.89. The van der Waals surface area contributed by atoms with Crippen LogP contribution in [-0.4, -0.2) is 28.1 Å². The molecule has 1 atom stereocenters. The molecule has 0 aliphatic heterocycles. The topological polar surface area (TPSA) is 49.4 Å². The molecule has 0 saturated carbocycles. The smallest absolute Gasteiger partial charge is 0.240 e. The van der Waals surface area contributed by atoms with Gasteiger partial charge in [0.1, 0.15) is 0 Å². The summed E-state index contributed by atoms with van der Waals surface area (Å²) in [4.78, 5) is 2.34. The molecule has 0 unspecified atom stereocenters. The standard InChI is InChI=1S/C16H20N2O2S/c1-14(18(2)15-9-5-3-6-10-15)13-17-21(19,20)16-11-7-4-8-12-16/h3-12,14,17H,13H2,1-2H3/t14-/m0/s1. The van der Waals surface area contributed by atoms with Crippen molar-refractivity contribution >= 4 is 15.7 Å². The SMILES string of the molecule is C[C@@H](CNS(=O)(=O)c1ccccc1)N(C)c1ccccc1. The molecule has 2 aromatic carbocycles. The highest BCUT2D eigenvalue weighted by Gasteiger charge is 2.16. The maximum atomic E-state index is 12.2. The zero-order valence-corrected chi connectivity index (χ0v) is 13.0. The Morgan fingerprint density at radius 3 is 2.10 bits per heavy atom. The van der Waals surface area contributed by atoms with Crippen LogP contribution in [0.15, 0.2) is 65.6 Å². The number of rotatable bonds is 6. The third kappa shape index (κ3) is 4.06. The van der Waals surface area contributed by atoms with E-state index in [2.05, 4.69) is 4.72 Å². The van der Waals surface area contributed by atoms with E-state index >= 15 is 0 Å². The summed E-state index contributed by atoms with van der Waals surface area (Å²) in [5.74, 6) is 0. The molecule has 21 heavy (non-hydrogen) atoms. The molecule has 0 amide bonds. The second-order valence-electron chi connectivity index (χ2n) is 4.96. The van der Waals surface area contributed by atoms with Crippen LogP contribution in [0.25, 0.3) is 0 Å². The van der Waals surface area contributed by atoms with Gasteiger partial charge in [-0.3, -0.25) is 0 Å². The summed E-state index contributed by atoms with van der Waals surface area (Å²) in [6.45, 7) is 2.34. The van der Waals surface area contributed by atoms with Crippen molar-refractivity contribution in [3.63, 3.8) is 0 Å². The van der Waals surface area contributed by atoms with Crippen molar-refractivity contribution < 1.29 is 8.42 Å². The van der Waals surface area contributed by atoms with Gasteiger partial charge in [-0.2, -0.15) is 0 Å². The summed E-state index contributed by atoms with van der Waals surface area (Å²) in [7, 11) is -1.49. The Kier molecular flexibility index (Phi) is 4.98. The van der Waals surface area contributed by atoms with Crippen LogP contribution in [0.3, 0.4) is 0 Å². The minimum Gasteiger partial charge on any atom is -0.371 e. The van der Waals surface area contributed by atoms with Crippen molar-refractivity contribution in [2.45, 2.75) is 17.9 Å². The maximum Gasteiger partial charge on any atom is 0.240 e. The Hall–Kier alpha value is -1.85. The molecule has 0 aliphatic rings. The van der Waals surface area contributed by atoms with Crippen molar-refractivity contribution in [1.29, 1.82) is 0 Å². The van der Waals surface area contributed by atoms with Gasteiger partial charge >= 0.3 is 0 Å². The van der Waals surface area contributed by atoms with Gasteiger partial charge in [0, 0.05) is 25.3 Å². The van der Waals surface area contributed by atoms with Crippen molar-refractivity contribution in [1.82, 2.24) is 4.72 Å². The Morgan fingerprint density at radius 2 is 1.52 bits per heavy atom. The third-order valence-electron chi connectivity index (χ3n) is 3.45. The quantitative estimate of drug-likeness (QED) is 0.892. The van der Waals surface area contributed by atoms with Gasteiger partial charge < -0.3 is 4.90 Å². The van der Waals surface area contributed by atoms with E-state index in [9.17, 15) is 8.42 Å². The normalized spacial score (nSPS) is 12.9. The molecule has 0 bridgehead atoms. The molecule has 112 valence electrons. The molecule has 4 nitrogen and oxygen atoms in total. The Balaban J connectivity index is 2.00. The van der Waals surface area contributed by atoms with E-state index in [1.54, 1.807) is 30.3 Å². The van der Waals surface area contributed by atoms with Gasteiger partial charge in [0.2, 0.25) is 10.0 Å². The Morgan fingerprint density at radius 1 is 1.00 bits per heavy atom. The molecule has 0 heterocycles. The lowest BCUT2D eigenvalue weighted by Crippen LogP contribution is -2.40. The molecule has 0 aliphatic carbocycles.